The lowest BCUT2D eigenvalue weighted by molar-refractivity contribution is -0.107. The summed E-state index contributed by atoms with van der Waals surface area (Å²) >= 11 is 0. The largest absolute Gasteiger partial charge is 0.444 e. The van der Waals surface area contributed by atoms with E-state index in [1.807, 2.05) is 25.7 Å². The fourth-order valence-corrected chi connectivity index (χ4v) is 4.67. The molecule has 4 rings (SSSR count). The maximum Gasteiger partial charge on any atom is 0.410 e. The third-order valence-corrected chi connectivity index (χ3v) is 6.88. The van der Waals surface area contributed by atoms with Crippen molar-refractivity contribution < 1.29 is 19.4 Å². The first-order valence-corrected chi connectivity index (χ1v) is 13.5. The number of aromatic nitrogens is 2. The van der Waals surface area contributed by atoms with Crippen molar-refractivity contribution in [3.8, 4) is 0 Å². The van der Waals surface area contributed by atoms with Crippen molar-refractivity contribution in [3.05, 3.63) is 47.7 Å². The number of anilines is 2. The number of piperazine rings is 1. The highest BCUT2D eigenvalue weighted by atomic mass is 16.6. The van der Waals surface area contributed by atoms with Crippen molar-refractivity contribution in [2.45, 2.75) is 58.2 Å². The van der Waals surface area contributed by atoms with E-state index in [4.69, 9.17) is 9.84 Å². The van der Waals surface area contributed by atoms with Crippen LogP contribution < -0.4 is 10.2 Å². The number of rotatable bonds is 11. The van der Waals surface area contributed by atoms with Crippen LogP contribution in [0.25, 0.3) is 0 Å². The Morgan fingerprint density at radius 3 is 2.50 bits per heavy atom. The van der Waals surface area contributed by atoms with Gasteiger partial charge in [0.15, 0.2) is 0 Å². The van der Waals surface area contributed by atoms with Gasteiger partial charge in [-0.15, -0.1) is 0 Å². The van der Waals surface area contributed by atoms with Gasteiger partial charge in [0.1, 0.15) is 11.4 Å². The Bertz CT molecular complexity index is 1060. The van der Waals surface area contributed by atoms with Gasteiger partial charge >= 0.3 is 6.09 Å². The molecule has 1 aliphatic heterocycles. The minimum atomic E-state index is -0.482. The van der Waals surface area contributed by atoms with Crippen LogP contribution in [0.4, 0.5) is 16.6 Å². The lowest BCUT2D eigenvalue weighted by Crippen LogP contribution is -2.50. The Kier molecular flexibility index (Phi) is 9.17. The number of ether oxygens (including phenoxy) is 1. The summed E-state index contributed by atoms with van der Waals surface area (Å²) in [5, 5.41) is 12.4. The number of carbonyl (C=O) groups excluding carboxylic acids is 2. The predicted molar refractivity (Wildman–Crippen MR) is 146 cm³/mol. The van der Waals surface area contributed by atoms with Gasteiger partial charge in [-0.25, -0.2) is 9.78 Å². The molecule has 1 saturated carbocycles. The summed E-state index contributed by atoms with van der Waals surface area (Å²) < 4.78 is 5.56. The van der Waals surface area contributed by atoms with Gasteiger partial charge in [0.2, 0.25) is 12.4 Å². The molecule has 1 aliphatic carbocycles. The first kappa shape index (κ1) is 27.8. The first-order chi connectivity index (χ1) is 18.3. The minimum absolute atomic E-state index is 0.140. The molecule has 10 heteroatoms. The zero-order valence-electron chi connectivity index (χ0n) is 22.7. The number of amides is 2. The van der Waals surface area contributed by atoms with Gasteiger partial charge in [-0.3, -0.25) is 14.6 Å². The van der Waals surface area contributed by atoms with E-state index in [9.17, 15) is 9.59 Å². The Hall–Kier alpha value is -3.24. The molecule has 1 saturated heterocycles. The fourth-order valence-electron chi connectivity index (χ4n) is 4.67. The molecule has 2 aliphatic rings. The number of nitrogens with one attached hydrogen (secondary N) is 1. The minimum Gasteiger partial charge on any atom is -0.444 e. The normalized spacial score (nSPS) is 17.1. The van der Waals surface area contributed by atoms with Crippen molar-refractivity contribution >= 4 is 24.3 Å². The number of benzene rings is 1. The van der Waals surface area contributed by atoms with Gasteiger partial charge in [0, 0.05) is 45.0 Å². The van der Waals surface area contributed by atoms with Crippen molar-refractivity contribution in [2.24, 2.45) is 5.92 Å². The summed E-state index contributed by atoms with van der Waals surface area (Å²) in [4.78, 5) is 38.0. The molecule has 0 spiro atoms. The highest BCUT2D eigenvalue weighted by molar-refractivity contribution is 5.73. The van der Waals surface area contributed by atoms with Crippen LogP contribution in [0.5, 0.6) is 0 Å². The van der Waals surface area contributed by atoms with E-state index < -0.39 is 5.60 Å². The Balaban J connectivity index is 1.35. The second-order valence-corrected chi connectivity index (χ2v) is 11.1. The van der Waals surface area contributed by atoms with Gasteiger partial charge < -0.3 is 20.1 Å². The number of nitrogens with zero attached hydrogens (tertiary/aromatic N) is 5. The number of hydrogen-bond acceptors (Lipinski definition) is 8. The second kappa shape index (κ2) is 12.5. The summed E-state index contributed by atoms with van der Waals surface area (Å²) in [6.07, 6.45) is 5.76. The SMILES string of the molecule is CC(C)(C)OC(=O)N1CCN(C(CC2CC2)c2ccc(CNc3nccc(N(C=O)CCO)n3)cc2)CC1. The molecular formula is C28H40N6O4. The summed E-state index contributed by atoms with van der Waals surface area (Å²) in [6.45, 7) is 9.31. The maximum absolute atomic E-state index is 12.5. The quantitative estimate of drug-likeness (QED) is 0.430. The van der Waals surface area contributed by atoms with Gasteiger partial charge in [0.25, 0.3) is 0 Å². The summed E-state index contributed by atoms with van der Waals surface area (Å²) in [7, 11) is 0. The lowest BCUT2D eigenvalue weighted by Gasteiger charge is -2.40. The van der Waals surface area contributed by atoms with E-state index in [0.717, 1.165) is 31.0 Å². The van der Waals surface area contributed by atoms with Crippen LogP contribution in [0.1, 0.15) is 57.2 Å². The summed E-state index contributed by atoms with van der Waals surface area (Å²) in [5.41, 5.74) is 1.92. The Labute approximate surface area is 225 Å². The van der Waals surface area contributed by atoms with Crippen LogP contribution in [0.15, 0.2) is 36.5 Å². The van der Waals surface area contributed by atoms with Crippen LogP contribution in [0.2, 0.25) is 0 Å². The zero-order valence-corrected chi connectivity index (χ0v) is 22.7. The maximum atomic E-state index is 12.5. The molecule has 1 unspecified atom stereocenters. The third kappa shape index (κ3) is 7.88. The number of hydrogen-bond donors (Lipinski definition) is 2. The van der Waals surface area contributed by atoms with Gasteiger partial charge in [-0.1, -0.05) is 37.1 Å². The van der Waals surface area contributed by atoms with Crippen LogP contribution >= 0.6 is 0 Å². The van der Waals surface area contributed by atoms with Crippen LogP contribution in [-0.4, -0.2) is 82.3 Å². The standard InChI is InChI=1S/C28H40N6O4/c1-28(2,3)38-27(37)33-14-12-32(13-15-33)24(18-21-4-5-21)23-8-6-22(7-9-23)19-30-26-29-11-10-25(31-26)34(20-36)16-17-35/h6-11,20-21,24,35H,4-5,12-19H2,1-3H3,(H,29,30,31). The van der Waals surface area contributed by atoms with Crippen molar-refractivity contribution in [1.82, 2.24) is 19.8 Å². The number of carbonyl (C=O) groups is 2. The topological polar surface area (TPSA) is 111 Å². The molecule has 0 bridgehead atoms. The molecular weight excluding hydrogens is 484 g/mol. The lowest BCUT2D eigenvalue weighted by atomic mass is 9.97. The Morgan fingerprint density at radius 2 is 1.89 bits per heavy atom. The van der Waals surface area contributed by atoms with Gasteiger partial charge in [-0.2, -0.15) is 4.98 Å². The average Bonchev–Trinajstić information content (AvgIpc) is 3.73. The van der Waals surface area contributed by atoms with E-state index in [0.29, 0.717) is 43.9 Å². The van der Waals surface area contributed by atoms with Gasteiger partial charge in [0.05, 0.1) is 13.2 Å². The van der Waals surface area contributed by atoms with E-state index in [-0.39, 0.29) is 19.2 Å². The average molecular weight is 525 g/mol. The van der Waals surface area contributed by atoms with E-state index in [1.54, 1.807) is 12.3 Å². The predicted octanol–water partition coefficient (Wildman–Crippen LogP) is 3.44. The molecule has 1 aromatic carbocycles. The fraction of sp³-hybridized carbons (Fsp3) is 0.571. The summed E-state index contributed by atoms with van der Waals surface area (Å²) in [6, 6.07) is 10.6. The smallest absolute Gasteiger partial charge is 0.410 e. The van der Waals surface area contributed by atoms with Crippen molar-refractivity contribution in [2.75, 3.05) is 49.5 Å². The van der Waals surface area contributed by atoms with Crippen molar-refractivity contribution in [1.29, 1.82) is 0 Å². The first-order valence-electron chi connectivity index (χ1n) is 13.5. The molecule has 206 valence electrons. The number of aliphatic hydroxyl groups excluding tert-OH is 1. The molecule has 1 atom stereocenters. The highest BCUT2D eigenvalue weighted by Crippen LogP contribution is 2.40. The van der Waals surface area contributed by atoms with Gasteiger partial charge in [-0.05, 0) is 50.3 Å². The third-order valence-electron chi connectivity index (χ3n) is 6.88. The zero-order chi connectivity index (χ0) is 27.1. The van der Waals surface area contributed by atoms with Crippen molar-refractivity contribution in [3.63, 3.8) is 0 Å². The highest BCUT2D eigenvalue weighted by Gasteiger charge is 2.33. The molecule has 0 radical (unpaired) electrons. The molecule has 2 N–H and O–H groups in total. The molecule has 2 aromatic rings. The molecule has 38 heavy (non-hydrogen) atoms. The van der Waals surface area contributed by atoms with Crippen LogP contribution in [0, 0.1) is 5.92 Å². The van der Waals surface area contributed by atoms with E-state index in [2.05, 4.69) is 44.5 Å². The molecule has 2 amide bonds. The van der Waals surface area contributed by atoms with E-state index >= 15 is 0 Å². The monoisotopic (exact) mass is 524 g/mol. The van der Waals surface area contributed by atoms with E-state index in [1.165, 1.54) is 23.3 Å². The number of aliphatic hydroxyl groups is 1. The molecule has 10 nitrogen and oxygen atoms in total. The summed E-state index contributed by atoms with van der Waals surface area (Å²) in [5.74, 6) is 1.65. The molecule has 2 fully saturated rings. The molecule has 1 aromatic heterocycles. The van der Waals surface area contributed by atoms with Crippen LogP contribution in [0.3, 0.4) is 0 Å². The Morgan fingerprint density at radius 1 is 1.18 bits per heavy atom. The second-order valence-electron chi connectivity index (χ2n) is 11.1. The molecule has 2 heterocycles. The van der Waals surface area contributed by atoms with Crippen LogP contribution in [-0.2, 0) is 16.1 Å².